The zero-order chi connectivity index (χ0) is 39.2. The molecule has 56 heavy (non-hydrogen) atoms. The van der Waals surface area contributed by atoms with Crippen molar-refractivity contribution in [1.29, 1.82) is 0 Å². The third-order valence-corrected chi connectivity index (χ3v) is 11.1. The molecule has 1 heterocycles. The summed E-state index contributed by atoms with van der Waals surface area (Å²) in [5.74, 6) is 1.62. The fourth-order valence-electron chi connectivity index (χ4n) is 7.28. The number of fused-ring (bicyclic) bond motifs is 3. The van der Waals surface area contributed by atoms with Crippen LogP contribution in [0.3, 0.4) is 0 Å². The minimum atomic E-state index is -0.428. The first kappa shape index (κ1) is 41.0. The maximum atomic E-state index is 13.1. The highest BCUT2D eigenvalue weighted by Gasteiger charge is 2.36. The van der Waals surface area contributed by atoms with Crippen molar-refractivity contribution >= 4 is 11.9 Å². The summed E-state index contributed by atoms with van der Waals surface area (Å²) in [5, 5.41) is 0. The molecule has 1 unspecified atom stereocenters. The van der Waals surface area contributed by atoms with Crippen molar-refractivity contribution in [2.75, 3.05) is 39.6 Å². The van der Waals surface area contributed by atoms with Gasteiger partial charge in [0.25, 0.3) is 0 Å². The number of esters is 2. The molecule has 298 valence electrons. The second kappa shape index (κ2) is 20.5. The average Bonchev–Trinajstić information content (AvgIpc) is 3.47. The molecule has 1 fully saturated rings. The third-order valence-electron chi connectivity index (χ3n) is 11.1. The summed E-state index contributed by atoms with van der Waals surface area (Å²) in [6.45, 7) is 11.1. The summed E-state index contributed by atoms with van der Waals surface area (Å²) in [6, 6.07) is 25.7. The first-order valence-electron chi connectivity index (χ1n) is 20.7. The minimum Gasteiger partial charge on any atom is -0.494 e. The molecule has 4 aromatic rings. The highest BCUT2D eigenvalue weighted by molar-refractivity contribution is 5.92. The summed E-state index contributed by atoms with van der Waals surface area (Å²) < 4.78 is 34.6. The van der Waals surface area contributed by atoms with E-state index in [0.29, 0.717) is 35.8 Å². The zero-order valence-electron chi connectivity index (χ0n) is 33.4. The van der Waals surface area contributed by atoms with Gasteiger partial charge in [0.05, 0.1) is 44.2 Å². The normalized spacial score (nSPS) is 15.0. The van der Waals surface area contributed by atoms with Crippen LogP contribution in [0.1, 0.15) is 129 Å². The average molecular weight is 763 g/mol. The predicted octanol–water partition coefficient (Wildman–Crippen LogP) is 11.4. The smallest absolute Gasteiger partial charge is 0.343 e. The van der Waals surface area contributed by atoms with Crippen LogP contribution in [-0.4, -0.2) is 51.6 Å². The van der Waals surface area contributed by atoms with Crippen LogP contribution in [0.2, 0.25) is 0 Å². The van der Waals surface area contributed by atoms with Gasteiger partial charge in [0, 0.05) is 17.9 Å². The highest BCUT2D eigenvalue weighted by Crippen LogP contribution is 2.47. The van der Waals surface area contributed by atoms with Crippen LogP contribution in [-0.2, 0) is 9.47 Å². The number of unbranched alkanes of at least 4 members (excludes halogenated alkanes) is 8. The Labute approximate surface area is 332 Å². The molecule has 0 radical (unpaired) electrons. The Morgan fingerprint density at radius 1 is 0.589 bits per heavy atom. The van der Waals surface area contributed by atoms with Crippen molar-refractivity contribution in [3.05, 3.63) is 107 Å². The largest absolute Gasteiger partial charge is 0.494 e. The Bertz CT molecular complexity index is 1860. The van der Waals surface area contributed by atoms with Crippen LogP contribution in [0.25, 0.3) is 11.1 Å². The van der Waals surface area contributed by atoms with E-state index < -0.39 is 11.9 Å². The Kier molecular flexibility index (Phi) is 15.0. The van der Waals surface area contributed by atoms with E-state index in [9.17, 15) is 9.59 Å². The zero-order valence-corrected chi connectivity index (χ0v) is 33.4. The van der Waals surface area contributed by atoms with Gasteiger partial charge in [-0.25, -0.2) is 9.59 Å². The number of carbonyl (C=O) groups is 2. The fraction of sp³-hybridized carbons (Fsp3) is 0.458. The fourth-order valence-corrected chi connectivity index (χ4v) is 7.28. The molecule has 1 saturated heterocycles. The number of carbonyl (C=O) groups excluding carboxylic acids is 2. The van der Waals surface area contributed by atoms with Crippen molar-refractivity contribution in [2.24, 2.45) is 5.41 Å². The van der Waals surface area contributed by atoms with Crippen molar-refractivity contribution in [1.82, 2.24) is 0 Å². The van der Waals surface area contributed by atoms with Gasteiger partial charge in [-0.05, 0) is 127 Å². The molecule has 0 amide bonds. The van der Waals surface area contributed by atoms with E-state index in [-0.39, 0.29) is 11.3 Å². The standard InChI is InChI=1S/C48H58O8/c1-4-6-7-8-9-13-28-53-38-19-15-36(16-20-38)46(49)55-40-23-25-42-43-26-24-41(31-45(43)35(3)44(42)30-40)56-47(50)37-17-21-39(22-18-37)54-29-14-11-10-12-27-51-32-48(5-2)33-52-34-48/h15-26,30-31,35H,4-14,27-29,32-34H2,1-3H3. The Morgan fingerprint density at radius 3 is 1.48 bits per heavy atom. The lowest BCUT2D eigenvalue weighted by molar-refractivity contribution is -0.150. The molecule has 0 spiro atoms. The highest BCUT2D eigenvalue weighted by atomic mass is 16.5. The Morgan fingerprint density at radius 2 is 1.04 bits per heavy atom. The predicted molar refractivity (Wildman–Crippen MR) is 219 cm³/mol. The number of ether oxygens (including phenoxy) is 6. The van der Waals surface area contributed by atoms with Gasteiger partial charge in [0.1, 0.15) is 23.0 Å². The van der Waals surface area contributed by atoms with Gasteiger partial charge in [-0.3, -0.25) is 0 Å². The Balaban J connectivity index is 0.919. The van der Waals surface area contributed by atoms with Gasteiger partial charge >= 0.3 is 11.9 Å². The van der Waals surface area contributed by atoms with Crippen LogP contribution in [0.4, 0.5) is 0 Å². The van der Waals surface area contributed by atoms with E-state index in [4.69, 9.17) is 28.4 Å². The quantitative estimate of drug-likeness (QED) is 0.0419. The molecule has 8 heteroatoms. The monoisotopic (exact) mass is 762 g/mol. The van der Waals surface area contributed by atoms with E-state index in [1.54, 1.807) is 24.3 Å². The maximum absolute atomic E-state index is 13.1. The maximum Gasteiger partial charge on any atom is 0.343 e. The minimum absolute atomic E-state index is 0.0194. The summed E-state index contributed by atoms with van der Waals surface area (Å²) in [4.78, 5) is 26.1. The molecule has 0 saturated carbocycles. The second-order valence-electron chi connectivity index (χ2n) is 15.3. The molecular formula is C48H58O8. The summed E-state index contributed by atoms with van der Waals surface area (Å²) in [5.41, 5.74) is 5.41. The number of rotatable bonds is 23. The molecule has 1 atom stereocenters. The van der Waals surface area contributed by atoms with Crippen LogP contribution in [0.5, 0.6) is 23.0 Å². The van der Waals surface area contributed by atoms with Gasteiger partial charge in [-0.1, -0.05) is 71.4 Å². The van der Waals surface area contributed by atoms with Crippen molar-refractivity contribution in [3.63, 3.8) is 0 Å². The Hall–Kier alpha value is -4.66. The molecule has 1 aliphatic carbocycles. The summed E-state index contributed by atoms with van der Waals surface area (Å²) >= 11 is 0. The molecule has 2 aliphatic rings. The van der Waals surface area contributed by atoms with E-state index in [2.05, 4.69) is 20.8 Å². The van der Waals surface area contributed by atoms with Crippen molar-refractivity contribution in [2.45, 2.75) is 97.3 Å². The number of hydrogen-bond acceptors (Lipinski definition) is 8. The van der Waals surface area contributed by atoms with Gasteiger partial charge in [0.15, 0.2) is 0 Å². The van der Waals surface area contributed by atoms with E-state index >= 15 is 0 Å². The lowest BCUT2D eigenvalue weighted by Gasteiger charge is -2.40. The molecule has 0 bridgehead atoms. The van der Waals surface area contributed by atoms with Crippen LogP contribution in [0.15, 0.2) is 84.9 Å². The lowest BCUT2D eigenvalue weighted by Crippen LogP contribution is -2.45. The molecule has 8 nitrogen and oxygen atoms in total. The first-order valence-corrected chi connectivity index (χ1v) is 20.7. The molecular weight excluding hydrogens is 705 g/mol. The van der Waals surface area contributed by atoms with Crippen LogP contribution in [0, 0.1) is 5.41 Å². The van der Waals surface area contributed by atoms with Crippen LogP contribution < -0.4 is 18.9 Å². The van der Waals surface area contributed by atoms with Gasteiger partial charge in [-0.15, -0.1) is 0 Å². The second-order valence-corrected chi connectivity index (χ2v) is 15.3. The molecule has 6 rings (SSSR count). The van der Waals surface area contributed by atoms with E-state index in [1.807, 2.05) is 60.7 Å². The lowest BCUT2D eigenvalue weighted by atomic mass is 9.84. The molecule has 0 N–H and O–H groups in total. The van der Waals surface area contributed by atoms with Crippen molar-refractivity contribution in [3.8, 4) is 34.1 Å². The summed E-state index contributed by atoms with van der Waals surface area (Å²) in [7, 11) is 0. The SMILES string of the molecule is CCCCCCCCOc1ccc(C(=O)Oc2ccc3c(c2)C(C)c2cc(OC(=O)c4ccc(OCCCCCCOCC5(CC)COC5)cc4)ccc2-3)cc1. The third kappa shape index (κ3) is 11.0. The molecule has 1 aliphatic heterocycles. The van der Waals surface area contributed by atoms with Gasteiger partial charge in [-0.2, -0.15) is 0 Å². The molecule has 0 aromatic heterocycles. The first-order chi connectivity index (χ1) is 27.4. The summed E-state index contributed by atoms with van der Waals surface area (Å²) in [6.07, 6.45) is 12.6. The molecule has 4 aromatic carbocycles. The van der Waals surface area contributed by atoms with Gasteiger partial charge < -0.3 is 28.4 Å². The van der Waals surface area contributed by atoms with Crippen molar-refractivity contribution < 1.29 is 38.0 Å². The topological polar surface area (TPSA) is 89.5 Å². The number of benzene rings is 4. The number of hydrogen-bond donors (Lipinski definition) is 0. The van der Waals surface area contributed by atoms with E-state index in [0.717, 1.165) is 98.7 Å². The van der Waals surface area contributed by atoms with Crippen LogP contribution >= 0.6 is 0 Å². The van der Waals surface area contributed by atoms with E-state index in [1.165, 1.54) is 32.1 Å². The van der Waals surface area contributed by atoms with Gasteiger partial charge in [0.2, 0.25) is 0 Å².